The van der Waals surface area contributed by atoms with E-state index in [2.05, 4.69) is 18.7 Å². The maximum absolute atomic E-state index is 11.6. The molecule has 0 aromatic heterocycles. The molecule has 3 heteroatoms. The fourth-order valence-corrected chi connectivity index (χ4v) is 2.20. The zero-order chi connectivity index (χ0) is 8.77. The van der Waals surface area contributed by atoms with Crippen LogP contribution in [0.5, 0.6) is 0 Å². The van der Waals surface area contributed by atoms with Crippen LogP contribution in [0.2, 0.25) is 0 Å². The highest BCUT2D eigenvalue weighted by Crippen LogP contribution is 2.34. The Hall–Kier alpha value is -0.410. The second-order valence-corrected chi connectivity index (χ2v) is 3.98. The van der Waals surface area contributed by atoms with Gasteiger partial charge in [0.05, 0.1) is 13.2 Å². The molecule has 3 nitrogen and oxygen atoms in total. The number of Topliss-reactive ketones (excluding diaryl/α,β-unsaturated/α-hetero) is 1. The van der Waals surface area contributed by atoms with Crippen LogP contribution in [0, 0.1) is 0 Å². The predicted molar refractivity (Wildman–Crippen MR) is 45.0 cm³/mol. The van der Waals surface area contributed by atoms with Gasteiger partial charge in [0.1, 0.15) is 5.54 Å². The maximum Gasteiger partial charge on any atom is 0.159 e. The van der Waals surface area contributed by atoms with Gasteiger partial charge >= 0.3 is 0 Å². The molecule has 0 radical (unpaired) electrons. The number of carbonyl (C=O) groups excluding carboxylic acids is 1. The topological polar surface area (TPSA) is 29.5 Å². The van der Waals surface area contributed by atoms with Gasteiger partial charge in [-0.2, -0.15) is 0 Å². The van der Waals surface area contributed by atoms with Gasteiger partial charge in [0.2, 0.25) is 0 Å². The van der Waals surface area contributed by atoms with Gasteiger partial charge in [-0.05, 0) is 13.8 Å². The van der Waals surface area contributed by atoms with Crippen LogP contribution in [-0.2, 0) is 9.53 Å². The van der Waals surface area contributed by atoms with Gasteiger partial charge in [-0.15, -0.1) is 0 Å². The molecule has 0 bridgehead atoms. The first-order valence-electron chi connectivity index (χ1n) is 4.54. The summed E-state index contributed by atoms with van der Waals surface area (Å²) in [7, 11) is 0. The van der Waals surface area contributed by atoms with Crippen molar-refractivity contribution in [3.8, 4) is 0 Å². The van der Waals surface area contributed by atoms with Crippen molar-refractivity contribution in [3.05, 3.63) is 0 Å². The van der Waals surface area contributed by atoms with Gasteiger partial charge < -0.3 is 4.74 Å². The van der Waals surface area contributed by atoms with E-state index in [1.807, 2.05) is 0 Å². The number of hydrogen-bond acceptors (Lipinski definition) is 3. The van der Waals surface area contributed by atoms with E-state index < -0.39 is 0 Å². The third-order valence-corrected chi connectivity index (χ3v) is 2.95. The highest BCUT2D eigenvalue weighted by atomic mass is 16.5. The molecule has 68 valence electrons. The summed E-state index contributed by atoms with van der Waals surface area (Å²) < 4.78 is 5.15. The van der Waals surface area contributed by atoms with Crippen molar-refractivity contribution < 1.29 is 9.53 Å². The van der Waals surface area contributed by atoms with Crippen LogP contribution in [-0.4, -0.2) is 42.0 Å². The first-order chi connectivity index (χ1) is 5.67. The Kier molecular flexibility index (Phi) is 1.73. The molecule has 0 aromatic rings. The highest BCUT2D eigenvalue weighted by Gasteiger charge is 2.54. The Bertz CT molecular complexity index is 209. The fraction of sp³-hybridized carbons (Fsp3) is 0.889. The van der Waals surface area contributed by atoms with Crippen LogP contribution in [0.25, 0.3) is 0 Å². The molecule has 12 heavy (non-hydrogen) atoms. The van der Waals surface area contributed by atoms with E-state index in [4.69, 9.17) is 4.74 Å². The molecule has 0 aliphatic carbocycles. The first kappa shape index (κ1) is 8.20. The molecule has 2 heterocycles. The molecule has 2 saturated heterocycles. The van der Waals surface area contributed by atoms with Crippen LogP contribution < -0.4 is 0 Å². The molecular formula is C9H15NO2. The summed E-state index contributed by atoms with van der Waals surface area (Å²) >= 11 is 0. The SMILES string of the molecule is CC(C)N1CCC(=O)C12COC2. The van der Waals surface area contributed by atoms with E-state index in [1.54, 1.807) is 0 Å². The summed E-state index contributed by atoms with van der Waals surface area (Å²) in [5.74, 6) is 0.377. The van der Waals surface area contributed by atoms with Crippen molar-refractivity contribution in [2.45, 2.75) is 31.8 Å². The summed E-state index contributed by atoms with van der Waals surface area (Å²) in [6.45, 7) is 6.42. The molecule has 0 unspecified atom stereocenters. The van der Waals surface area contributed by atoms with Crippen LogP contribution in [0.1, 0.15) is 20.3 Å². The molecule has 0 atom stereocenters. The molecule has 0 saturated carbocycles. The Labute approximate surface area is 72.7 Å². The lowest BCUT2D eigenvalue weighted by atomic mass is 9.92. The van der Waals surface area contributed by atoms with E-state index >= 15 is 0 Å². The van der Waals surface area contributed by atoms with E-state index in [0.717, 1.165) is 6.54 Å². The van der Waals surface area contributed by atoms with Gasteiger partial charge in [-0.1, -0.05) is 0 Å². The highest BCUT2D eigenvalue weighted by molar-refractivity contribution is 5.91. The summed E-state index contributed by atoms with van der Waals surface area (Å²) in [6.07, 6.45) is 0.710. The Balaban J connectivity index is 2.20. The number of ketones is 1. The van der Waals surface area contributed by atoms with Crippen molar-refractivity contribution in [2.75, 3.05) is 19.8 Å². The van der Waals surface area contributed by atoms with Gasteiger partial charge in [0.25, 0.3) is 0 Å². The van der Waals surface area contributed by atoms with Crippen LogP contribution in [0.15, 0.2) is 0 Å². The number of ether oxygens (including phenoxy) is 1. The Morgan fingerprint density at radius 2 is 2.17 bits per heavy atom. The predicted octanol–water partition coefficient (Wildman–Crippen LogP) is 0.439. The third kappa shape index (κ3) is 0.866. The number of hydrogen-bond donors (Lipinski definition) is 0. The van der Waals surface area contributed by atoms with Gasteiger partial charge in [-0.25, -0.2) is 0 Å². The molecule has 2 aliphatic rings. The number of likely N-dealkylation sites (tertiary alicyclic amines) is 1. The smallest absolute Gasteiger partial charge is 0.159 e. The standard InChI is InChI=1S/C9H15NO2/c1-7(2)10-4-3-8(11)9(10)5-12-6-9/h7H,3-6H2,1-2H3. The van der Waals surface area contributed by atoms with Crippen molar-refractivity contribution in [3.63, 3.8) is 0 Å². The lowest BCUT2D eigenvalue weighted by Crippen LogP contribution is -2.64. The maximum atomic E-state index is 11.6. The van der Waals surface area contributed by atoms with Gasteiger partial charge in [0, 0.05) is 19.0 Å². The average molecular weight is 169 g/mol. The summed E-state index contributed by atoms with van der Waals surface area (Å²) in [6, 6.07) is 0.459. The monoisotopic (exact) mass is 169 g/mol. The Morgan fingerprint density at radius 3 is 2.50 bits per heavy atom. The summed E-state index contributed by atoms with van der Waals surface area (Å²) in [5.41, 5.74) is -0.214. The van der Waals surface area contributed by atoms with E-state index in [0.29, 0.717) is 31.5 Å². The van der Waals surface area contributed by atoms with Crippen LogP contribution >= 0.6 is 0 Å². The molecule has 1 spiro atoms. The van der Waals surface area contributed by atoms with Crippen molar-refractivity contribution in [1.82, 2.24) is 4.90 Å². The van der Waals surface area contributed by atoms with Crippen LogP contribution in [0.3, 0.4) is 0 Å². The minimum atomic E-state index is -0.214. The van der Waals surface area contributed by atoms with Crippen LogP contribution in [0.4, 0.5) is 0 Å². The molecule has 0 amide bonds. The zero-order valence-electron chi connectivity index (χ0n) is 7.67. The first-order valence-corrected chi connectivity index (χ1v) is 4.54. The lowest BCUT2D eigenvalue weighted by molar-refractivity contribution is -0.159. The van der Waals surface area contributed by atoms with E-state index in [9.17, 15) is 4.79 Å². The summed E-state index contributed by atoms with van der Waals surface area (Å²) in [5, 5.41) is 0. The number of rotatable bonds is 1. The largest absolute Gasteiger partial charge is 0.376 e. The van der Waals surface area contributed by atoms with Gasteiger partial charge in [0.15, 0.2) is 5.78 Å². The fourth-order valence-electron chi connectivity index (χ4n) is 2.20. The van der Waals surface area contributed by atoms with Crippen molar-refractivity contribution in [1.29, 1.82) is 0 Å². The lowest BCUT2D eigenvalue weighted by Gasteiger charge is -2.45. The number of nitrogens with zero attached hydrogens (tertiary/aromatic N) is 1. The number of carbonyl (C=O) groups is 1. The summed E-state index contributed by atoms with van der Waals surface area (Å²) in [4.78, 5) is 13.8. The van der Waals surface area contributed by atoms with Crippen molar-refractivity contribution >= 4 is 5.78 Å². The molecule has 0 aromatic carbocycles. The zero-order valence-corrected chi connectivity index (χ0v) is 7.67. The van der Waals surface area contributed by atoms with E-state index in [1.165, 1.54) is 0 Å². The Morgan fingerprint density at radius 1 is 1.50 bits per heavy atom. The van der Waals surface area contributed by atoms with Gasteiger partial charge in [-0.3, -0.25) is 9.69 Å². The molecule has 0 N–H and O–H groups in total. The molecule has 2 rings (SSSR count). The minimum absolute atomic E-state index is 0.214. The normalized spacial score (nSPS) is 28.4. The third-order valence-electron chi connectivity index (χ3n) is 2.95. The second kappa shape index (κ2) is 2.54. The molecule has 2 aliphatic heterocycles. The van der Waals surface area contributed by atoms with Crippen molar-refractivity contribution in [2.24, 2.45) is 0 Å². The molecular weight excluding hydrogens is 154 g/mol. The second-order valence-electron chi connectivity index (χ2n) is 3.98. The molecule has 2 fully saturated rings. The minimum Gasteiger partial charge on any atom is -0.376 e. The average Bonchev–Trinajstić information content (AvgIpc) is 2.24. The quantitative estimate of drug-likeness (QED) is 0.570. The van der Waals surface area contributed by atoms with E-state index in [-0.39, 0.29) is 5.54 Å².